The molecule has 3 rings (SSSR count). The van der Waals surface area contributed by atoms with Crippen LogP contribution in [0.3, 0.4) is 0 Å². The zero-order valence-corrected chi connectivity index (χ0v) is 17.7. The molecule has 1 aliphatic heterocycles. The van der Waals surface area contributed by atoms with Gasteiger partial charge in [-0.05, 0) is 55.1 Å². The zero-order valence-electron chi connectivity index (χ0n) is 17.7. The number of hydrogen-bond donors (Lipinski definition) is 2. The molecule has 154 valence electrons. The first kappa shape index (κ1) is 20.7. The standard InChI is InChI=1S/C23H36N4O/c1-17(2)18-10-12-21(13-11-18)26-23(24-3)25-15-19-7-4-5-8-20(19)16-27-14-6-9-22(27)28/h4-5,7-8,17-18,21H,6,9-16H2,1-3H3,(H2,24,25,26). The highest BCUT2D eigenvalue weighted by molar-refractivity contribution is 5.80. The van der Waals surface area contributed by atoms with Gasteiger partial charge in [0.2, 0.25) is 5.91 Å². The maximum atomic E-state index is 12.0. The molecule has 5 heteroatoms. The van der Waals surface area contributed by atoms with Crippen molar-refractivity contribution in [2.45, 2.75) is 71.5 Å². The molecule has 5 nitrogen and oxygen atoms in total. The number of carbonyl (C=O) groups excluding carboxylic acids is 1. The summed E-state index contributed by atoms with van der Waals surface area (Å²) in [6.45, 7) is 6.99. The van der Waals surface area contributed by atoms with Crippen molar-refractivity contribution in [2.24, 2.45) is 16.8 Å². The average Bonchev–Trinajstić information content (AvgIpc) is 3.11. The smallest absolute Gasteiger partial charge is 0.222 e. The van der Waals surface area contributed by atoms with E-state index in [1.54, 1.807) is 0 Å². The fraction of sp³-hybridized carbons (Fsp3) is 0.652. The fourth-order valence-electron chi connectivity index (χ4n) is 4.46. The van der Waals surface area contributed by atoms with Crippen LogP contribution in [0.4, 0.5) is 0 Å². The van der Waals surface area contributed by atoms with Gasteiger partial charge < -0.3 is 15.5 Å². The van der Waals surface area contributed by atoms with Crippen molar-refractivity contribution in [2.75, 3.05) is 13.6 Å². The van der Waals surface area contributed by atoms with E-state index < -0.39 is 0 Å². The summed E-state index contributed by atoms with van der Waals surface area (Å²) in [5.74, 6) is 2.81. The lowest BCUT2D eigenvalue weighted by Gasteiger charge is -2.32. The van der Waals surface area contributed by atoms with Crippen molar-refractivity contribution in [3.8, 4) is 0 Å². The number of likely N-dealkylation sites (tertiary alicyclic amines) is 1. The highest BCUT2D eigenvalue weighted by Gasteiger charge is 2.24. The van der Waals surface area contributed by atoms with Crippen LogP contribution in [-0.2, 0) is 17.9 Å². The van der Waals surface area contributed by atoms with Crippen molar-refractivity contribution >= 4 is 11.9 Å². The predicted molar refractivity (Wildman–Crippen MR) is 115 cm³/mol. The Morgan fingerprint density at radius 2 is 1.89 bits per heavy atom. The minimum absolute atomic E-state index is 0.275. The van der Waals surface area contributed by atoms with Crippen LogP contribution in [-0.4, -0.2) is 36.4 Å². The Hall–Kier alpha value is -2.04. The van der Waals surface area contributed by atoms with Gasteiger partial charge in [0.05, 0.1) is 0 Å². The maximum Gasteiger partial charge on any atom is 0.222 e. The highest BCUT2D eigenvalue weighted by Crippen LogP contribution is 2.29. The third-order valence-electron chi connectivity index (χ3n) is 6.38. The molecule has 1 aromatic carbocycles. The Bertz CT molecular complexity index is 677. The minimum Gasteiger partial charge on any atom is -0.354 e. The van der Waals surface area contributed by atoms with E-state index in [1.165, 1.54) is 36.8 Å². The fourth-order valence-corrected chi connectivity index (χ4v) is 4.46. The number of amides is 1. The second kappa shape index (κ2) is 9.94. The van der Waals surface area contributed by atoms with E-state index >= 15 is 0 Å². The summed E-state index contributed by atoms with van der Waals surface area (Å²) in [6.07, 6.45) is 6.72. The Labute approximate surface area is 170 Å². The van der Waals surface area contributed by atoms with Crippen LogP contribution in [0.5, 0.6) is 0 Å². The van der Waals surface area contributed by atoms with E-state index in [9.17, 15) is 4.79 Å². The highest BCUT2D eigenvalue weighted by atomic mass is 16.2. The molecule has 2 aliphatic rings. The number of hydrogen-bond acceptors (Lipinski definition) is 2. The summed E-state index contributed by atoms with van der Waals surface area (Å²) in [7, 11) is 1.84. The first-order valence-electron chi connectivity index (χ1n) is 10.9. The Morgan fingerprint density at radius 1 is 1.18 bits per heavy atom. The van der Waals surface area contributed by atoms with Gasteiger partial charge in [-0.25, -0.2) is 0 Å². The number of aliphatic imine (C=N–C) groups is 1. The number of nitrogens with zero attached hydrogens (tertiary/aromatic N) is 2. The lowest BCUT2D eigenvalue weighted by molar-refractivity contribution is -0.128. The molecule has 0 aromatic heterocycles. The van der Waals surface area contributed by atoms with E-state index in [2.05, 4.69) is 53.7 Å². The summed E-state index contributed by atoms with van der Waals surface area (Å²) in [5.41, 5.74) is 2.45. The molecular formula is C23H36N4O. The van der Waals surface area contributed by atoms with Gasteiger partial charge in [-0.1, -0.05) is 38.1 Å². The molecule has 2 N–H and O–H groups in total. The molecule has 0 radical (unpaired) electrons. The molecule has 1 saturated heterocycles. The molecule has 0 atom stereocenters. The average molecular weight is 385 g/mol. The molecule has 0 bridgehead atoms. The first-order valence-corrected chi connectivity index (χ1v) is 10.9. The van der Waals surface area contributed by atoms with Crippen molar-refractivity contribution in [1.82, 2.24) is 15.5 Å². The van der Waals surface area contributed by atoms with Gasteiger partial charge in [-0.15, -0.1) is 0 Å². The number of guanidine groups is 1. The van der Waals surface area contributed by atoms with E-state index in [1.807, 2.05) is 11.9 Å². The van der Waals surface area contributed by atoms with Crippen LogP contribution >= 0.6 is 0 Å². The largest absolute Gasteiger partial charge is 0.354 e. The third-order valence-corrected chi connectivity index (χ3v) is 6.38. The van der Waals surface area contributed by atoms with Crippen LogP contribution in [0.1, 0.15) is 63.5 Å². The third kappa shape index (κ3) is 5.49. The lowest BCUT2D eigenvalue weighted by Crippen LogP contribution is -2.44. The SMILES string of the molecule is CN=C(NCc1ccccc1CN1CCCC1=O)NC1CCC(C(C)C)CC1. The van der Waals surface area contributed by atoms with E-state index in [4.69, 9.17) is 0 Å². The van der Waals surface area contributed by atoms with E-state index in [0.717, 1.165) is 37.3 Å². The molecule has 0 spiro atoms. The van der Waals surface area contributed by atoms with Crippen molar-refractivity contribution < 1.29 is 4.79 Å². The van der Waals surface area contributed by atoms with Crippen LogP contribution in [0, 0.1) is 11.8 Å². The summed E-state index contributed by atoms with van der Waals surface area (Å²) in [4.78, 5) is 18.4. The second-order valence-electron chi connectivity index (χ2n) is 8.61. The molecule has 1 heterocycles. The molecule has 1 aliphatic carbocycles. The van der Waals surface area contributed by atoms with Crippen LogP contribution < -0.4 is 10.6 Å². The zero-order chi connectivity index (χ0) is 19.9. The lowest BCUT2D eigenvalue weighted by atomic mass is 9.80. The first-order chi connectivity index (χ1) is 13.6. The summed E-state index contributed by atoms with van der Waals surface area (Å²) in [5, 5.41) is 7.09. The molecule has 28 heavy (non-hydrogen) atoms. The number of rotatable bonds is 6. The van der Waals surface area contributed by atoms with Crippen molar-refractivity contribution in [1.29, 1.82) is 0 Å². The molecule has 1 aromatic rings. The molecule has 1 amide bonds. The molecular weight excluding hydrogens is 348 g/mol. The number of benzene rings is 1. The van der Waals surface area contributed by atoms with Gasteiger partial charge in [0, 0.05) is 39.1 Å². The quantitative estimate of drug-likeness (QED) is 0.581. The summed E-state index contributed by atoms with van der Waals surface area (Å²) < 4.78 is 0. The van der Waals surface area contributed by atoms with Crippen molar-refractivity contribution in [3.05, 3.63) is 35.4 Å². The van der Waals surface area contributed by atoms with E-state index in [-0.39, 0.29) is 5.91 Å². The normalized spacial score (nSPS) is 23.4. The number of carbonyl (C=O) groups is 1. The van der Waals surface area contributed by atoms with Gasteiger partial charge in [0.25, 0.3) is 0 Å². The topological polar surface area (TPSA) is 56.7 Å². The van der Waals surface area contributed by atoms with E-state index in [0.29, 0.717) is 19.0 Å². The van der Waals surface area contributed by atoms with Gasteiger partial charge in [-0.3, -0.25) is 9.79 Å². The Kier molecular flexibility index (Phi) is 7.35. The molecule has 0 unspecified atom stereocenters. The van der Waals surface area contributed by atoms with Gasteiger partial charge >= 0.3 is 0 Å². The van der Waals surface area contributed by atoms with Crippen LogP contribution in [0.25, 0.3) is 0 Å². The van der Waals surface area contributed by atoms with Crippen molar-refractivity contribution in [3.63, 3.8) is 0 Å². The summed E-state index contributed by atoms with van der Waals surface area (Å²) >= 11 is 0. The predicted octanol–water partition coefficient (Wildman–Crippen LogP) is 3.69. The Balaban J connectivity index is 1.52. The van der Waals surface area contributed by atoms with Gasteiger partial charge in [-0.2, -0.15) is 0 Å². The van der Waals surface area contributed by atoms with Crippen LogP contribution in [0.2, 0.25) is 0 Å². The van der Waals surface area contributed by atoms with Gasteiger partial charge in [0.1, 0.15) is 0 Å². The molecule has 1 saturated carbocycles. The minimum atomic E-state index is 0.275. The second-order valence-corrected chi connectivity index (χ2v) is 8.61. The Morgan fingerprint density at radius 3 is 2.50 bits per heavy atom. The van der Waals surface area contributed by atoms with Crippen LogP contribution in [0.15, 0.2) is 29.3 Å². The van der Waals surface area contributed by atoms with Gasteiger partial charge in [0.15, 0.2) is 5.96 Å². The summed E-state index contributed by atoms with van der Waals surface area (Å²) in [6, 6.07) is 8.91. The number of nitrogens with one attached hydrogen (secondary N) is 2. The monoisotopic (exact) mass is 384 g/mol. The maximum absolute atomic E-state index is 12.0. The molecule has 2 fully saturated rings.